The van der Waals surface area contributed by atoms with Gasteiger partial charge in [-0.1, -0.05) is 79.9 Å². The second-order valence-corrected chi connectivity index (χ2v) is 10.7. The van der Waals surface area contributed by atoms with E-state index in [4.69, 9.17) is 0 Å². The predicted octanol–water partition coefficient (Wildman–Crippen LogP) is 6.94. The van der Waals surface area contributed by atoms with Crippen LogP contribution in [0.5, 0.6) is 0 Å². The number of hydrogen-bond donors (Lipinski definition) is 4. The molecule has 2 atom stereocenters. The average Bonchev–Trinajstić information content (AvgIpc) is 3.40. The van der Waals surface area contributed by atoms with E-state index in [-0.39, 0.29) is 17.5 Å². The van der Waals surface area contributed by atoms with Gasteiger partial charge in [0.05, 0.1) is 5.52 Å². The van der Waals surface area contributed by atoms with Gasteiger partial charge in [0.25, 0.3) is 0 Å². The van der Waals surface area contributed by atoms with Crippen molar-refractivity contribution in [3.8, 4) is 0 Å². The van der Waals surface area contributed by atoms with E-state index in [1.54, 1.807) is 6.07 Å². The molecule has 5 heteroatoms. The number of fused-ring (bicyclic) bond motifs is 2. The average molecular weight is 505 g/mol. The summed E-state index contributed by atoms with van der Waals surface area (Å²) in [5.74, 6) is 1.37. The van der Waals surface area contributed by atoms with Gasteiger partial charge < -0.3 is 20.6 Å². The van der Waals surface area contributed by atoms with Crippen molar-refractivity contribution in [3.63, 3.8) is 0 Å². The lowest BCUT2D eigenvalue weighted by Gasteiger charge is -2.33. The minimum absolute atomic E-state index is 0.0537. The molecule has 1 saturated carbocycles. The fourth-order valence-electron chi connectivity index (χ4n) is 6.14. The van der Waals surface area contributed by atoms with Crippen LogP contribution in [0.15, 0.2) is 95.9 Å². The van der Waals surface area contributed by atoms with Crippen molar-refractivity contribution in [1.82, 2.24) is 15.3 Å². The minimum atomic E-state index is 0.0537. The molecular weight excluding hydrogens is 468 g/mol. The summed E-state index contributed by atoms with van der Waals surface area (Å²) >= 11 is 0. The lowest BCUT2D eigenvalue weighted by atomic mass is 9.83. The molecule has 1 aliphatic carbocycles. The molecule has 6 rings (SSSR count). The number of nitrogens with one attached hydrogen (secondary N) is 4. The third-order valence-corrected chi connectivity index (χ3v) is 8.16. The summed E-state index contributed by atoms with van der Waals surface area (Å²) in [7, 11) is 0. The summed E-state index contributed by atoms with van der Waals surface area (Å²) in [6, 6.07) is 29.1. The van der Waals surface area contributed by atoms with Crippen LogP contribution >= 0.6 is 0 Å². The van der Waals surface area contributed by atoms with Crippen molar-refractivity contribution in [1.29, 1.82) is 0 Å². The summed E-state index contributed by atoms with van der Waals surface area (Å²) in [6.07, 6.45) is 9.36. The Hall–Kier alpha value is -3.83. The normalized spacial score (nSPS) is 16.0. The first-order chi connectivity index (χ1) is 18.7. The van der Waals surface area contributed by atoms with E-state index in [2.05, 4.69) is 81.4 Å². The van der Waals surface area contributed by atoms with Crippen LogP contribution in [0.2, 0.25) is 0 Å². The van der Waals surface area contributed by atoms with Crippen molar-refractivity contribution in [2.24, 2.45) is 5.92 Å². The molecule has 0 saturated heterocycles. The quantitative estimate of drug-likeness (QED) is 0.176. The number of aromatic amines is 2. The van der Waals surface area contributed by atoms with E-state index >= 15 is 0 Å². The van der Waals surface area contributed by atoms with Crippen LogP contribution in [0.25, 0.3) is 21.8 Å². The first-order valence-electron chi connectivity index (χ1n) is 14.0. The van der Waals surface area contributed by atoms with Gasteiger partial charge in [-0.25, -0.2) is 0 Å². The number of H-pyrrole nitrogens is 2. The summed E-state index contributed by atoms with van der Waals surface area (Å²) < 4.78 is 0. The Morgan fingerprint density at radius 3 is 2.34 bits per heavy atom. The van der Waals surface area contributed by atoms with Crippen molar-refractivity contribution >= 4 is 27.6 Å². The number of benzene rings is 3. The minimum Gasteiger partial charge on any atom is -0.367 e. The van der Waals surface area contributed by atoms with Crippen molar-refractivity contribution in [2.75, 3.05) is 11.9 Å². The number of hydrogen-bond acceptors (Lipinski definition) is 3. The molecule has 38 heavy (non-hydrogen) atoms. The molecule has 0 radical (unpaired) electrons. The zero-order chi connectivity index (χ0) is 25.7. The van der Waals surface area contributed by atoms with Crippen LogP contribution < -0.4 is 16.1 Å². The van der Waals surface area contributed by atoms with Crippen molar-refractivity contribution in [3.05, 3.63) is 112 Å². The molecule has 5 aromatic rings. The van der Waals surface area contributed by atoms with Gasteiger partial charge in [0.15, 0.2) is 5.43 Å². The van der Waals surface area contributed by atoms with Gasteiger partial charge >= 0.3 is 0 Å². The molecule has 3 aromatic carbocycles. The highest BCUT2D eigenvalue weighted by Crippen LogP contribution is 2.30. The maximum Gasteiger partial charge on any atom is 0.191 e. The molecule has 0 amide bonds. The van der Waals surface area contributed by atoms with E-state index < -0.39 is 0 Å². The first kappa shape index (κ1) is 24.5. The predicted molar refractivity (Wildman–Crippen MR) is 158 cm³/mol. The van der Waals surface area contributed by atoms with E-state index in [1.807, 2.05) is 24.3 Å². The lowest BCUT2D eigenvalue weighted by Crippen LogP contribution is -2.41. The Morgan fingerprint density at radius 2 is 1.53 bits per heavy atom. The second-order valence-electron chi connectivity index (χ2n) is 10.7. The van der Waals surface area contributed by atoms with E-state index in [0.717, 1.165) is 35.2 Å². The zero-order valence-corrected chi connectivity index (χ0v) is 21.8. The molecule has 0 aliphatic heterocycles. The van der Waals surface area contributed by atoms with Crippen LogP contribution in [-0.4, -0.2) is 22.6 Å². The Kier molecular flexibility index (Phi) is 7.27. The van der Waals surface area contributed by atoms with Gasteiger partial charge in [0.1, 0.15) is 5.82 Å². The summed E-state index contributed by atoms with van der Waals surface area (Å²) in [6.45, 7) is 0.816. The summed E-state index contributed by atoms with van der Waals surface area (Å²) in [5, 5.41) is 9.71. The van der Waals surface area contributed by atoms with Crippen LogP contribution in [0.3, 0.4) is 0 Å². The van der Waals surface area contributed by atoms with Gasteiger partial charge in [-0.15, -0.1) is 0 Å². The number of rotatable bonds is 9. The molecule has 2 heterocycles. The smallest absolute Gasteiger partial charge is 0.191 e. The molecule has 1 fully saturated rings. The molecule has 2 unspecified atom stereocenters. The highest BCUT2D eigenvalue weighted by molar-refractivity contribution is 5.83. The number of anilines is 1. The Balaban J connectivity index is 1.29. The zero-order valence-electron chi connectivity index (χ0n) is 21.8. The van der Waals surface area contributed by atoms with Crippen molar-refractivity contribution < 1.29 is 0 Å². The van der Waals surface area contributed by atoms with E-state index in [1.165, 1.54) is 48.6 Å². The number of pyridine rings is 1. The Morgan fingerprint density at radius 1 is 0.816 bits per heavy atom. The van der Waals surface area contributed by atoms with Gasteiger partial charge in [0, 0.05) is 47.2 Å². The Bertz CT molecular complexity index is 1550. The van der Waals surface area contributed by atoms with Gasteiger partial charge in [-0.05, 0) is 54.5 Å². The van der Waals surface area contributed by atoms with Gasteiger partial charge in [-0.2, -0.15) is 0 Å². The van der Waals surface area contributed by atoms with Crippen LogP contribution in [0.4, 0.5) is 5.82 Å². The molecule has 1 aliphatic rings. The maximum atomic E-state index is 12.8. The number of aromatic nitrogens is 2. The highest BCUT2D eigenvalue weighted by atomic mass is 16.1. The maximum absolute atomic E-state index is 12.8. The highest BCUT2D eigenvalue weighted by Gasteiger charge is 2.26. The topological polar surface area (TPSA) is 72.7 Å². The summed E-state index contributed by atoms with van der Waals surface area (Å²) in [4.78, 5) is 19.8. The lowest BCUT2D eigenvalue weighted by molar-refractivity contribution is 0.304. The fourth-order valence-corrected chi connectivity index (χ4v) is 6.14. The molecule has 0 spiro atoms. The number of para-hydroxylation sites is 2. The van der Waals surface area contributed by atoms with Crippen molar-refractivity contribution in [2.45, 2.75) is 50.6 Å². The van der Waals surface area contributed by atoms with Crippen LogP contribution in [0.1, 0.15) is 49.3 Å². The second kappa shape index (κ2) is 11.3. The third-order valence-electron chi connectivity index (χ3n) is 8.16. The van der Waals surface area contributed by atoms with Gasteiger partial charge in [-0.3, -0.25) is 4.79 Å². The Labute approximate surface area is 223 Å². The van der Waals surface area contributed by atoms with E-state index in [0.29, 0.717) is 5.92 Å². The molecule has 4 N–H and O–H groups in total. The first-order valence-corrected chi connectivity index (χ1v) is 14.0. The van der Waals surface area contributed by atoms with E-state index in [9.17, 15) is 4.79 Å². The van der Waals surface area contributed by atoms with Crippen LogP contribution in [-0.2, 0) is 6.42 Å². The standard InChI is InChI=1S/C33H36N4O/c38-32-20-33(36-29-18-10-8-16-26(29)32)37-31(24-13-5-2-6-14-24)22-35-30(19-23-11-3-1-4-12-23)27-21-34-28-17-9-7-15-25(27)28/h1,3-4,7-12,15-18,20-21,24,30-31,34-35H,2,5-6,13-14,19,22H2,(H2,36,37,38). The van der Waals surface area contributed by atoms with Crippen LogP contribution in [0, 0.1) is 5.92 Å². The van der Waals surface area contributed by atoms with Gasteiger partial charge in [0.2, 0.25) is 0 Å². The third kappa shape index (κ3) is 5.39. The molecule has 2 aromatic heterocycles. The summed E-state index contributed by atoms with van der Waals surface area (Å²) in [5.41, 5.74) is 4.71. The molecule has 194 valence electrons. The molecular formula is C33H36N4O. The SMILES string of the molecule is O=c1cc(NC(CNC(Cc2ccccc2)c2c[nH]c3ccccc23)C2CCCCC2)[nH]c2ccccc12. The monoisotopic (exact) mass is 504 g/mol. The largest absolute Gasteiger partial charge is 0.367 e. The fraction of sp³-hybridized carbons (Fsp3) is 0.303. The molecule has 5 nitrogen and oxygen atoms in total. The molecule has 0 bridgehead atoms.